The van der Waals surface area contributed by atoms with Crippen LogP contribution in [0.5, 0.6) is 0 Å². The first-order valence-electron chi connectivity index (χ1n) is 8.07. The van der Waals surface area contributed by atoms with Crippen LogP contribution in [0.4, 0.5) is 0 Å². The Bertz CT molecular complexity index is 967. The molecular formula is C17H20N4O5S. The molecule has 3 N–H and O–H groups in total. The molecule has 2 aromatic rings. The van der Waals surface area contributed by atoms with E-state index < -0.39 is 21.8 Å². The topological polar surface area (TPSA) is 126 Å². The second-order valence-corrected chi connectivity index (χ2v) is 7.49. The SMILES string of the molecule is Cc1ccc(S(=O)(=O)NCCC(=O)NNC(=O)Cn2ccccc2=O)cc1. The van der Waals surface area contributed by atoms with Gasteiger partial charge in [-0.3, -0.25) is 25.2 Å². The van der Waals surface area contributed by atoms with E-state index in [4.69, 9.17) is 0 Å². The van der Waals surface area contributed by atoms with Gasteiger partial charge in [-0.05, 0) is 25.1 Å². The molecule has 0 radical (unpaired) electrons. The number of benzene rings is 1. The quantitative estimate of drug-likeness (QED) is 0.557. The van der Waals surface area contributed by atoms with Gasteiger partial charge in [-0.25, -0.2) is 13.1 Å². The van der Waals surface area contributed by atoms with Gasteiger partial charge < -0.3 is 4.57 Å². The number of carbonyl (C=O) groups excluding carboxylic acids is 2. The molecule has 9 nitrogen and oxygen atoms in total. The number of nitrogens with one attached hydrogen (secondary N) is 3. The molecule has 144 valence electrons. The van der Waals surface area contributed by atoms with Gasteiger partial charge in [0.15, 0.2) is 0 Å². The lowest BCUT2D eigenvalue weighted by Gasteiger charge is -2.09. The van der Waals surface area contributed by atoms with E-state index in [1.807, 2.05) is 6.92 Å². The van der Waals surface area contributed by atoms with Crippen molar-refractivity contribution in [2.75, 3.05) is 6.54 Å². The number of nitrogens with zero attached hydrogens (tertiary/aromatic N) is 1. The highest BCUT2D eigenvalue weighted by atomic mass is 32.2. The smallest absolute Gasteiger partial charge is 0.258 e. The van der Waals surface area contributed by atoms with Crippen molar-refractivity contribution in [3.05, 3.63) is 64.6 Å². The Hall–Kier alpha value is -2.98. The summed E-state index contributed by atoms with van der Waals surface area (Å²) < 4.78 is 27.7. The molecule has 2 amide bonds. The average molecular weight is 392 g/mol. The summed E-state index contributed by atoms with van der Waals surface area (Å²) in [7, 11) is -3.70. The molecular weight excluding hydrogens is 372 g/mol. The number of hydrazine groups is 1. The number of aryl methyl sites for hydroxylation is 1. The van der Waals surface area contributed by atoms with E-state index in [1.165, 1.54) is 29.0 Å². The zero-order chi connectivity index (χ0) is 19.9. The highest BCUT2D eigenvalue weighted by molar-refractivity contribution is 7.89. The molecule has 2 rings (SSSR count). The van der Waals surface area contributed by atoms with Crippen LogP contribution in [0.3, 0.4) is 0 Å². The van der Waals surface area contributed by atoms with Gasteiger partial charge in [-0.15, -0.1) is 0 Å². The van der Waals surface area contributed by atoms with E-state index in [0.717, 1.165) is 5.56 Å². The predicted molar refractivity (Wildman–Crippen MR) is 98.0 cm³/mol. The van der Waals surface area contributed by atoms with E-state index in [1.54, 1.807) is 24.3 Å². The summed E-state index contributed by atoms with van der Waals surface area (Å²) >= 11 is 0. The monoisotopic (exact) mass is 392 g/mol. The standard InChI is InChI=1S/C17H20N4O5S/c1-13-5-7-14(8-6-13)27(25,26)18-10-9-15(22)19-20-16(23)12-21-11-3-2-4-17(21)24/h2-8,11,18H,9-10,12H2,1H3,(H,19,22)(H,20,23). The fourth-order valence-corrected chi connectivity index (χ4v) is 3.12. The minimum atomic E-state index is -3.70. The Morgan fingerprint density at radius 1 is 1.00 bits per heavy atom. The van der Waals surface area contributed by atoms with Gasteiger partial charge in [0.1, 0.15) is 6.54 Å². The number of amides is 2. The molecule has 1 aromatic carbocycles. The first-order chi connectivity index (χ1) is 12.8. The van der Waals surface area contributed by atoms with E-state index in [0.29, 0.717) is 0 Å². The number of rotatable bonds is 7. The van der Waals surface area contributed by atoms with Crippen LogP contribution in [-0.4, -0.2) is 31.3 Å². The Balaban J connectivity index is 1.74. The van der Waals surface area contributed by atoms with Gasteiger partial charge >= 0.3 is 0 Å². The van der Waals surface area contributed by atoms with Crippen molar-refractivity contribution in [2.24, 2.45) is 0 Å². The van der Waals surface area contributed by atoms with Crippen LogP contribution < -0.4 is 21.1 Å². The van der Waals surface area contributed by atoms with Crippen LogP contribution in [0.1, 0.15) is 12.0 Å². The molecule has 0 fully saturated rings. The van der Waals surface area contributed by atoms with Crippen LogP contribution in [0, 0.1) is 6.92 Å². The minimum absolute atomic E-state index is 0.107. The first kappa shape index (κ1) is 20.3. The third-order valence-electron chi connectivity index (χ3n) is 3.53. The number of carbonyl (C=O) groups is 2. The molecule has 27 heavy (non-hydrogen) atoms. The van der Waals surface area contributed by atoms with Gasteiger partial charge in [-0.1, -0.05) is 23.8 Å². The number of hydrogen-bond donors (Lipinski definition) is 3. The summed E-state index contributed by atoms with van der Waals surface area (Å²) in [5.41, 5.74) is 4.92. The Labute approximate surface area is 156 Å². The molecule has 0 aliphatic rings. The summed E-state index contributed by atoms with van der Waals surface area (Å²) in [5.74, 6) is -1.16. The highest BCUT2D eigenvalue weighted by Crippen LogP contribution is 2.09. The molecule has 0 spiro atoms. The molecule has 0 unspecified atom stereocenters. The molecule has 0 aliphatic carbocycles. The lowest BCUT2D eigenvalue weighted by atomic mass is 10.2. The zero-order valence-electron chi connectivity index (χ0n) is 14.6. The van der Waals surface area contributed by atoms with Gasteiger partial charge in [0.05, 0.1) is 4.90 Å². The van der Waals surface area contributed by atoms with E-state index >= 15 is 0 Å². The lowest BCUT2D eigenvalue weighted by molar-refractivity contribution is -0.129. The summed E-state index contributed by atoms with van der Waals surface area (Å²) in [4.78, 5) is 35.0. The first-order valence-corrected chi connectivity index (χ1v) is 9.56. The molecule has 0 atom stereocenters. The summed E-state index contributed by atoms with van der Waals surface area (Å²) in [6.45, 7) is 1.46. The third-order valence-corrected chi connectivity index (χ3v) is 5.01. The molecule has 1 aromatic heterocycles. The number of aromatic nitrogens is 1. The maximum Gasteiger partial charge on any atom is 0.258 e. The van der Waals surface area contributed by atoms with Crippen LogP contribution in [0.2, 0.25) is 0 Å². The van der Waals surface area contributed by atoms with Gasteiger partial charge in [-0.2, -0.15) is 0 Å². The van der Waals surface area contributed by atoms with Crippen LogP contribution in [-0.2, 0) is 26.2 Å². The van der Waals surface area contributed by atoms with Crippen molar-refractivity contribution < 1.29 is 18.0 Å². The average Bonchev–Trinajstić information content (AvgIpc) is 2.62. The van der Waals surface area contributed by atoms with Gasteiger partial charge in [0.2, 0.25) is 15.9 Å². The molecule has 0 bridgehead atoms. The number of pyridine rings is 1. The summed E-state index contributed by atoms with van der Waals surface area (Å²) in [6.07, 6.45) is 1.28. The maximum absolute atomic E-state index is 12.1. The molecule has 0 saturated carbocycles. The van der Waals surface area contributed by atoms with Crippen molar-refractivity contribution in [2.45, 2.75) is 24.8 Å². The predicted octanol–water partition coefficient (Wildman–Crippen LogP) is -0.327. The third kappa shape index (κ3) is 6.35. The van der Waals surface area contributed by atoms with Gasteiger partial charge in [0.25, 0.3) is 11.5 Å². The zero-order valence-corrected chi connectivity index (χ0v) is 15.5. The second kappa shape index (κ2) is 9.10. The van der Waals surface area contributed by atoms with Crippen LogP contribution >= 0.6 is 0 Å². The summed E-state index contributed by atoms with van der Waals surface area (Å²) in [6, 6.07) is 10.8. The highest BCUT2D eigenvalue weighted by Gasteiger charge is 2.14. The van der Waals surface area contributed by atoms with Crippen molar-refractivity contribution in [3.8, 4) is 0 Å². The van der Waals surface area contributed by atoms with Crippen molar-refractivity contribution >= 4 is 21.8 Å². The molecule has 1 heterocycles. The normalized spacial score (nSPS) is 11.0. The Kier molecular flexibility index (Phi) is 6.85. The van der Waals surface area contributed by atoms with Gasteiger partial charge in [0, 0.05) is 25.2 Å². The van der Waals surface area contributed by atoms with Crippen LogP contribution in [0.15, 0.2) is 58.4 Å². The Morgan fingerprint density at radius 2 is 1.67 bits per heavy atom. The number of hydrogen-bond acceptors (Lipinski definition) is 5. The Morgan fingerprint density at radius 3 is 2.33 bits per heavy atom. The largest absolute Gasteiger partial charge is 0.306 e. The minimum Gasteiger partial charge on any atom is -0.306 e. The second-order valence-electron chi connectivity index (χ2n) is 5.72. The van der Waals surface area contributed by atoms with E-state index in [9.17, 15) is 22.8 Å². The van der Waals surface area contributed by atoms with Crippen molar-refractivity contribution in [1.82, 2.24) is 20.1 Å². The molecule has 0 saturated heterocycles. The van der Waals surface area contributed by atoms with Crippen molar-refractivity contribution in [1.29, 1.82) is 0 Å². The lowest BCUT2D eigenvalue weighted by Crippen LogP contribution is -2.44. The summed E-state index contributed by atoms with van der Waals surface area (Å²) in [5, 5.41) is 0. The van der Waals surface area contributed by atoms with Crippen LogP contribution in [0.25, 0.3) is 0 Å². The number of sulfonamides is 1. The van der Waals surface area contributed by atoms with Crippen molar-refractivity contribution in [3.63, 3.8) is 0 Å². The fraction of sp³-hybridized carbons (Fsp3) is 0.235. The fourth-order valence-electron chi connectivity index (χ4n) is 2.09. The maximum atomic E-state index is 12.1. The molecule has 0 aliphatic heterocycles. The molecule has 10 heteroatoms. The van der Waals surface area contributed by atoms with E-state index in [2.05, 4.69) is 15.6 Å². The van der Waals surface area contributed by atoms with E-state index in [-0.39, 0.29) is 30.0 Å².